The second kappa shape index (κ2) is 3.74. The van der Waals surface area contributed by atoms with E-state index >= 15 is 0 Å². The number of thiocarbonyl (C=S) groups is 1. The third-order valence-corrected chi connectivity index (χ3v) is 2.77. The summed E-state index contributed by atoms with van der Waals surface area (Å²) in [4.78, 5) is 2.24. The number of hydrogen-bond donors (Lipinski definition) is 0. The fourth-order valence-corrected chi connectivity index (χ4v) is 1.53. The topological polar surface area (TPSA) is 3.24 Å². The molecule has 0 aromatic carbocycles. The summed E-state index contributed by atoms with van der Waals surface area (Å²) in [5, 5.41) is 0. The van der Waals surface area contributed by atoms with Crippen LogP contribution in [0.2, 0.25) is 0 Å². The van der Waals surface area contributed by atoms with Crippen LogP contribution in [0.4, 0.5) is 0 Å². The molecule has 1 heterocycles. The highest BCUT2D eigenvalue weighted by Crippen LogP contribution is 2.14. The lowest BCUT2D eigenvalue weighted by Gasteiger charge is -2.18. The summed E-state index contributed by atoms with van der Waals surface area (Å²) in [6.07, 6.45) is 2.42. The van der Waals surface area contributed by atoms with Crippen molar-refractivity contribution < 1.29 is 0 Å². The molecule has 0 unspecified atom stereocenters. The molecule has 0 saturated carbocycles. The Morgan fingerprint density at radius 3 is 2.20 bits per heavy atom. The molecule has 0 atom stereocenters. The Morgan fingerprint density at radius 2 is 1.80 bits per heavy atom. The number of likely N-dealkylation sites (tertiary alicyclic amines) is 1. The van der Waals surface area contributed by atoms with E-state index < -0.39 is 4.84 Å². The number of nitrogens with zero attached hydrogens (tertiary/aromatic N) is 1. The molecule has 0 aromatic rings. The van der Waals surface area contributed by atoms with Crippen molar-refractivity contribution in [2.24, 2.45) is 0 Å². The van der Waals surface area contributed by atoms with Gasteiger partial charge in [-0.2, -0.15) is 0 Å². The van der Waals surface area contributed by atoms with Crippen LogP contribution in [0.1, 0.15) is 12.8 Å². The Balaban J connectivity index is 2.40. The first-order valence-corrected chi connectivity index (χ1v) is 4.57. The normalized spacial score (nSPS) is 18.5. The van der Waals surface area contributed by atoms with E-state index in [4.69, 9.17) is 35.4 Å². The van der Waals surface area contributed by atoms with Crippen molar-refractivity contribution in [2.75, 3.05) is 13.1 Å². The van der Waals surface area contributed by atoms with E-state index in [-0.39, 0.29) is 0 Å². The molecule has 10 heavy (non-hydrogen) atoms. The second-order valence-electron chi connectivity index (χ2n) is 2.33. The lowest BCUT2D eigenvalue weighted by atomic mass is 10.4. The van der Waals surface area contributed by atoms with Gasteiger partial charge in [-0.1, -0.05) is 35.4 Å². The summed E-state index contributed by atoms with van der Waals surface area (Å²) in [5.74, 6) is 0. The Morgan fingerprint density at radius 1 is 1.30 bits per heavy atom. The Kier molecular flexibility index (Phi) is 3.21. The number of halogens is 2. The van der Waals surface area contributed by atoms with E-state index in [0.29, 0.717) is 4.99 Å². The molecule has 1 fully saturated rings. The van der Waals surface area contributed by atoms with Crippen molar-refractivity contribution in [3.05, 3.63) is 0 Å². The predicted octanol–water partition coefficient (Wildman–Crippen LogP) is 2.21. The van der Waals surface area contributed by atoms with Crippen LogP contribution in [0.5, 0.6) is 0 Å². The first-order chi connectivity index (χ1) is 4.72. The minimum atomic E-state index is -0.506. The van der Waals surface area contributed by atoms with Crippen molar-refractivity contribution in [2.45, 2.75) is 17.7 Å². The first-order valence-electron chi connectivity index (χ1n) is 3.29. The highest BCUT2D eigenvalue weighted by Gasteiger charge is 2.18. The molecule has 1 rings (SSSR count). The zero-order chi connectivity index (χ0) is 7.56. The quantitative estimate of drug-likeness (QED) is 0.469. The summed E-state index contributed by atoms with van der Waals surface area (Å²) >= 11 is 16.2. The third kappa shape index (κ3) is 1.97. The van der Waals surface area contributed by atoms with Crippen molar-refractivity contribution in [1.29, 1.82) is 0 Å². The van der Waals surface area contributed by atoms with E-state index in [1.807, 2.05) is 0 Å². The molecular formula is C6H9Cl2NS. The molecule has 1 aliphatic heterocycles. The maximum Gasteiger partial charge on any atom is 0.157 e. The predicted molar refractivity (Wildman–Crippen MR) is 48.9 cm³/mol. The summed E-state index contributed by atoms with van der Waals surface area (Å²) in [6, 6.07) is 0. The van der Waals surface area contributed by atoms with Crippen molar-refractivity contribution in [1.82, 2.24) is 4.90 Å². The molecule has 1 nitrogen and oxygen atoms in total. The average Bonchev–Trinajstić information content (AvgIpc) is 2.36. The maximum absolute atomic E-state index is 5.59. The van der Waals surface area contributed by atoms with Crippen LogP contribution in [0.3, 0.4) is 0 Å². The molecule has 58 valence electrons. The minimum Gasteiger partial charge on any atom is -0.364 e. The molecular weight excluding hydrogens is 189 g/mol. The van der Waals surface area contributed by atoms with Crippen LogP contribution in [0.25, 0.3) is 0 Å². The Bertz CT molecular complexity index is 132. The van der Waals surface area contributed by atoms with Crippen LogP contribution < -0.4 is 0 Å². The van der Waals surface area contributed by atoms with Gasteiger partial charge in [-0.3, -0.25) is 0 Å². The molecule has 0 N–H and O–H groups in total. The van der Waals surface area contributed by atoms with E-state index in [2.05, 4.69) is 4.90 Å². The highest BCUT2D eigenvalue weighted by molar-refractivity contribution is 7.80. The molecule has 1 saturated heterocycles. The zero-order valence-electron chi connectivity index (χ0n) is 5.52. The highest BCUT2D eigenvalue weighted by atomic mass is 35.5. The lowest BCUT2D eigenvalue weighted by molar-refractivity contribution is 0.525. The summed E-state index contributed by atoms with van der Waals surface area (Å²) in [6.45, 7) is 2.05. The molecule has 0 aliphatic carbocycles. The van der Waals surface area contributed by atoms with Crippen LogP contribution >= 0.6 is 35.4 Å². The van der Waals surface area contributed by atoms with Gasteiger partial charge in [0.1, 0.15) is 4.99 Å². The van der Waals surface area contributed by atoms with Gasteiger partial charge >= 0.3 is 0 Å². The van der Waals surface area contributed by atoms with Crippen LogP contribution in [0, 0.1) is 0 Å². The van der Waals surface area contributed by atoms with Crippen molar-refractivity contribution in [3.63, 3.8) is 0 Å². The van der Waals surface area contributed by atoms with E-state index in [0.717, 1.165) is 13.1 Å². The Labute approximate surface area is 76.3 Å². The summed E-state index contributed by atoms with van der Waals surface area (Å²) < 4.78 is 0. The third-order valence-electron chi connectivity index (χ3n) is 1.60. The smallest absolute Gasteiger partial charge is 0.157 e. The molecule has 0 radical (unpaired) electrons. The van der Waals surface area contributed by atoms with E-state index in [1.54, 1.807) is 0 Å². The molecule has 0 aromatic heterocycles. The number of hydrogen-bond acceptors (Lipinski definition) is 1. The summed E-state index contributed by atoms with van der Waals surface area (Å²) in [5.41, 5.74) is 0. The van der Waals surface area contributed by atoms with Gasteiger partial charge in [-0.05, 0) is 12.8 Å². The Hall–Kier alpha value is 0.470. The van der Waals surface area contributed by atoms with Gasteiger partial charge < -0.3 is 4.90 Å². The van der Waals surface area contributed by atoms with Gasteiger partial charge in [0.25, 0.3) is 0 Å². The molecule has 4 heteroatoms. The van der Waals surface area contributed by atoms with Gasteiger partial charge in [0.2, 0.25) is 0 Å². The molecule has 0 amide bonds. The summed E-state index contributed by atoms with van der Waals surface area (Å²) in [7, 11) is 0. The first kappa shape index (κ1) is 8.57. The minimum absolute atomic E-state index is 0.506. The zero-order valence-corrected chi connectivity index (χ0v) is 7.85. The number of alkyl halides is 2. The second-order valence-corrected chi connectivity index (χ2v) is 3.85. The molecule has 0 bridgehead atoms. The SMILES string of the molecule is S=C(C(Cl)Cl)N1CCCC1. The lowest BCUT2D eigenvalue weighted by Crippen LogP contribution is -2.30. The fourth-order valence-electron chi connectivity index (χ4n) is 1.08. The van der Waals surface area contributed by atoms with Crippen molar-refractivity contribution >= 4 is 40.4 Å². The van der Waals surface area contributed by atoms with Crippen LogP contribution in [-0.4, -0.2) is 27.8 Å². The molecule has 1 aliphatic rings. The maximum atomic E-state index is 5.59. The van der Waals surface area contributed by atoms with Crippen LogP contribution in [-0.2, 0) is 0 Å². The fraction of sp³-hybridized carbons (Fsp3) is 0.833. The largest absolute Gasteiger partial charge is 0.364 e. The van der Waals surface area contributed by atoms with E-state index in [1.165, 1.54) is 12.8 Å². The van der Waals surface area contributed by atoms with Gasteiger partial charge in [-0.15, -0.1) is 0 Å². The van der Waals surface area contributed by atoms with Gasteiger partial charge in [-0.25, -0.2) is 0 Å². The number of rotatable bonds is 1. The standard InChI is InChI=1S/C6H9Cl2NS/c7-5(8)6(10)9-3-1-2-4-9/h5H,1-4H2. The monoisotopic (exact) mass is 197 g/mol. The molecule has 0 spiro atoms. The van der Waals surface area contributed by atoms with Gasteiger partial charge in [0.15, 0.2) is 4.84 Å². The van der Waals surface area contributed by atoms with Gasteiger partial charge in [0, 0.05) is 13.1 Å². The van der Waals surface area contributed by atoms with Crippen molar-refractivity contribution in [3.8, 4) is 0 Å². The van der Waals surface area contributed by atoms with E-state index in [9.17, 15) is 0 Å². The van der Waals surface area contributed by atoms with Crippen LogP contribution in [0.15, 0.2) is 0 Å². The average molecular weight is 198 g/mol. The van der Waals surface area contributed by atoms with Gasteiger partial charge in [0.05, 0.1) is 0 Å².